The van der Waals surface area contributed by atoms with E-state index in [0.29, 0.717) is 42.1 Å². The second-order valence-corrected chi connectivity index (χ2v) is 5.90. The molecule has 1 amide bonds. The molecule has 3 aromatic rings. The molecule has 1 aliphatic heterocycles. The number of carbonyl (C=O) groups excluding carboxylic acids is 1. The zero-order chi connectivity index (χ0) is 17.9. The highest BCUT2D eigenvalue weighted by Crippen LogP contribution is 2.28. The van der Waals surface area contributed by atoms with E-state index in [0.717, 1.165) is 0 Å². The van der Waals surface area contributed by atoms with E-state index in [2.05, 4.69) is 10.1 Å². The molecular weight excluding hydrogens is 338 g/mol. The van der Waals surface area contributed by atoms with Gasteiger partial charge in [0.2, 0.25) is 11.7 Å². The third-order valence-electron chi connectivity index (χ3n) is 4.17. The number of hydrogen-bond acceptors (Lipinski definition) is 7. The van der Waals surface area contributed by atoms with E-state index >= 15 is 0 Å². The van der Waals surface area contributed by atoms with Crippen molar-refractivity contribution in [1.82, 2.24) is 15.0 Å². The number of amides is 1. The third kappa shape index (κ3) is 3.26. The number of furan rings is 1. The second kappa shape index (κ2) is 6.91. The van der Waals surface area contributed by atoms with Gasteiger partial charge in [-0.15, -0.1) is 0 Å². The van der Waals surface area contributed by atoms with Gasteiger partial charge in [0.15, 0.2) is 12.4 Å². The van der Waals surface area contributed by atoms with Gasteiger partial charge in [0.1, 0.15) is 11.5 Å². The molecule has 8 nitrogen and oxygen atoms in total. The first-order valence-electron chi connectivity index (χ1n) is 8.15. The minimum absolute atomic E-state index is 0.0264. The lowest BCUT2D eigenvalue weighted by Crippen LogP contribution is -2.50. The highest BCUT2D eigenvalue weighted by atomic mass is 16.5. The number of benzene rings is 1. The van der Waals surface area contributed by atoms with E-state index < -0.39 is 0 Å². The van der Waals surface area contributed by atoms with E-state index in [4.69, 9.17) is 18.4 Å². The molecular formula is C18H17N3O5. The van der Waals surface area contributed by atoms with Crippen molar-refractivity contribution in [3.8, 4) is 23.1 Å². The molecule has 0 bridgehead atoms. The van der Waals surface area contributed by atoms with Crippen LogP contribution in [0.1, 0.15) is 11.8 Å². The molecule has 0 spiro atoms. The Balaban J connectivity index is 1.28. The van der Waals surface area contributed by atoms with Crippen LogP contribution in [-0.4, -0.2) is 47.8 Å². The number of carbonyl (C=O) groups is 1. The van der Waals surface area contributed by atoms with Gasteiger partial charge in [-0.3, -0.25) is 4.79 Å². The van der Waals surface area contributed by atoms with E-state index in [1.807, 2.05) is 12.1 Å². The highest BCUT2D eigenvalue weighted by Gasteiger charge is 2.35. The minimum Gasteiger partial charge on any atom is -0.497 e. The van der Waals surface area contributed by atoms with Gasteiger partial charge < -0.3 is 23.3 Å². The molecule has 0 radical (unpaired) electrons. The normalized spacial score (nSPS) is 14.1. The Morgan fingerprint density at radius 2 is 2.12 bits per heavy atom. The fourth-order valence-corrected chi connectivity index (χ4v) is 2.67. The summed E-state index contributed by atoms with van der Waals surface area (Å²) in [5.41, 5.74) is 0. The van der Waals surface area contributed by atoms with Gasteiger partial charge in [0.05, 0.1) is 19.3 Å². The molecule has 1 aliphatic rings. The number of hydrogen-bond donors (Lipinski definition) is 0. The Labute approximate surface area is 149 Å². The lowest BCUT2D eigenvalue weighted by Gasteiger charge is -2.36. The molecule has 1 fully saturated rings. The number of likely N-dealkylation sites (tertiary alicyclic amines) is 1. The lowest BCUT2D eigenvalue weighted by molar-refractivity contribution is -0.138. The SMILES string of the molecule is COc1cccc(OCC(=O)N2CC(c3nc(-c4ccco4)no3)C2)c1. The van der Waals surface area contributed by atoms with Gasteiger partial charge in [0.25, 0.3) is 5.91 Å². The largest absolute Gasteiger partial charge is 0.497 e. The minimum atomic E-state index is -0.0881. The maximum absolute atomic E-state index is 12.2. The van der Waals surface area contributed by atoms with Crippen LogP contribution in [0.3, 0.4) is 0 Å². The average molecular weight is 355 g/mol. The molecule has 3 heterocycles. The standard InChI is InChI=1S/C18H17N3O5/c1-23-13-4-2-5-14(8-13)25-11-16(22)21-9-12(10-21)18-19-17(20-26-18)15-6-3-7-24-15/h2-8,12H,9-11H2,1H3. The molecule has 0 aliphatic carbocycles. The maximum Gasteiger partial charge on any atom is 0.260 e. The topological polar surface area (TPSA) is 90.8 Å². The maximum atomic E-state index is 12.2. The molecule has 8 heteroatoms. The van der Waals surface area contributed by atoms with Crippen molar-refractivity contribution < 1.29 is 23.2 Å². The predicted molar refractivity (Wildman–Crippen MR) is 89.8 cm³/mol. The van der Waals surface area contributed by atoms with Gasteiger partial charge in [0, 0.05) is 19.2 Å². The molecule has 0 saturated carbocycles. The van der Waals surface area contributed by atoms with E-state index in [9.17, 15) is 4.79 Å². The third-order valence-corrected chi connectivity index (χ3v) is 4.17. The lowest BCUT2D eigenvalue weighted by atomic mass is 10.0. The first-order valence-corrected chi connectivity index (χ1v) is 8.15. The van der Waals surface area contributed by atoms with Gasteiger partial charge in [-0.25, -0.2) is 0 Å². The summed E-state index contributed by atoms with van der Waals surface area (Å²) in [4.78, 5) is 18.2. The van der Waals surface area contributed by atoms with Crippen molar-refractivity contribution in [3.63, 3.8) is 0 Å². The van der Waals surface area contributed by atoms with Crippen molar-refractivity contribution in [2.75, 3.05) is 26.8 Å². The van der Waals surface area contributed by atoms with Crippen molar-refractivity contribution in [2.24, 2.45) is 0 Å². The number of ether oxygens (including phenoxy) is 2. The summed E-state index contributed by atoms with van der Waals surface area (Å²) in [7, 11) is 1.58. The fraction of sp³-hybridized carbons (Fsp3) is 0.278. The van der Waals surface area contributed by atoms with Crippen molar-refractivity contribution in [3.05, 3.63) is 48.6 Å². The zero-order valence-electron chi connectivity index (χ0n) is 14.1. The molecule has 1 saturated heterocycles. The van der Waals surface area contributed by atoms with Crippen molar-refractivity contribution in [2.45, 2.75) is 5.92 Å². The molecule has 4 rings (SSSR count). The summed E-state index contributed by atoms with van der Waals surface area (Å²) in [5, 5.41) is 3.90. The monoisotopic (exact) mass is 355 g/mol. The molecule has 0 atom stereocenters. The molecule has 26 heavy (non-hydrogen) atoms. The van der Waals surface area contributed by atoms with Gasteiger partial charge >= 0.3 is 0 Å². The molecule has 134 valence electrons. The number of methoxy groups -OCH3 is 1. The Hall–Kier alpha value is -3.29. The van der Waals surface area contributed by atoms with Gasteiger partial charge in [-0.1, -0.05) is 11.2 Å². The smallest absolute Gasteiger partial charge is 0.260 e. The van der Waals surface area contributed by atoms with Crippen molar-refractivity contribution in [1.29, 1.82) is 0 Å². The Morgan fingerprint density at radius 3 is 2.88 bits per heavy atom. The summed E-state index contributed by atoms with van der Waals surface area (Å²) in [6, 6.07) is 10.7. The first-order chi connectivity index (χ1) is 12.7. The van der Waals surface area contributed by atoms with Crippen LogP contribution in [-0.2, 0) is 4.79 Å². The van der Waals surface area contributed by atoms with Crippen LogP contribution in [0.15, 0.2) is 51.6 Å². The quantitative estimate of drug-likeness (QED) is 0.670. The van der Waals surface area contributed by atoms with Crippen LogP contribution in [0, 0.1) is 0 Å². The van der Waals surface area contributed by atoms with Gasteiger partial charge in [-0.2, -0.15) is 4.98 Å². The van der Waals surface area contributed by atoms with E-state index in [1.54, 1.807) is 42.5 Å². The van der Waals surface area contributed by atoms with Crippen LogP contribution in [0.5, 0.6) is 11.5 Å². The molecule has 0 N–H and O–H groups in total. The number of rotatable bonds is 6. The summed E-state index contributed by atoms with van der Waals surface area (Å²) >= 11 is 0. The van der Waals surface area contributed by atoms with Crippen LogP contribution < -0.4 is 9.47 Å². The summed E-state index contributed by atoms with van der Waals surface area (Å²) < 4.78 is 21.2. The van der Waals surface area contributed by atoms with Crippen molar-refractivity contribution >= 4 is 5.91 Å². The number of aromatic nitrogens is 2. The Morgan fingerprint density at radius 1 is 1.27 bits per heavy atom. The van der Waals surface area contributed by atoms with Gasteiger partial charge in [-0.05, 0) is 24.3 Å². The van der Waals surface area contributed by atoms with E-state index in [-0.39, 0.29) is 18.4 Å². The summed E-state index contributed by atoms with van der Waals surface area (Å²) in [5.74, 6) is 2.70. The molecule has 1 aromatic carbocycles. The molecule has 0 unspecified atom stereocenters. The Kier molecular flexibility index (Phi) is 4.30. The van der Waals surface area contributed by atoms with E-state index in [1.165, 1.54) is 0 Å². The molecule has 2 aromatic heterocycles. The zero-order valence-corrected chi connectivity index (χ0v) is 14.1. The summed E-state index contributed by atoms with van der Waals surface area (Å²) in [6.45, 7) is 1.03. The number of nitrogens with zero attached hydrogens (tertiary/aromatic N) is 3. The predicted octanol–water partition coefficient (Wildman–Crippen LogP) is 2.34. The van der Waals surface area contributed by atoms with Crippen LogP contribution in [0.25, 0.3) is 11.6 Å². The second-order valence-electron chi connectivity index (χ2n) is 5.90. The average Bonchev–Trinajstić information content (AvgIpc) is 3.30. The fourth-order valence-electron chi connectivity index (χ4n) is 2.67. The summed E-state index contributed by atoms with van der Waals surface area (Å²) in [6.07, 6.45) is 1.55. The van der Waals surface area contributed by atoms with Crippen LogP contribution >= 0.6 is 0 Å². The van der Waals surface area contributed by atoms with Crippen LogP contribution in [0.2, 0.25) is 0 Å². The first kappa shape index (κ1) is 16.2. The Bertz CT molecular complexity index is 884. The highest BCUT2D eigenvalue weighted by molar-refractivity contribution is 5.78. The van der Waals surface area contributed by atoms with Crippen LogP contribution in [0.4, 0.5) is 0 Å².